The number of benzene rings is 1. The summed E-state index contributed by atoms with van der Waals surface area (Å²) >= 11 is 0. The van der Waals surface area contributed by atoms with Gasteiger partial charge in [0.05, 0.1) is 6.54 Å². The van der Waals surface area contributed by atoms with Gasteiger partial charge in [0.2, 0.25) is 11.8 Å². The van der Waals surface area contributed by atoms with Gasteiger partial charge in [0.15, 0.2) is 0 Å². The summed E-state index contributed by atoms with van der Waals surface area (Å²) in [7, 11) is 0. The van der Waals surface area contributed by atoms with E-state index in [2.05, 4.69) is 11.1 Å². The second kappa shape index (κ2) is 7.81. The van der Waals surface area contributed by atoms with E-state index in [0.29, 0.717) is 19.6 Å². The Balaban J connectivity index is 2.02. The molecular weight excluding hydrogens is 290 g/mol. The number of hydrogen-bond acceptors (Lipinski definition) is 2. The zero-order valence-corrected chi connectivity index (χ0v) is 14.1. The molecule has 0 bridgehead atoms. The Morgan fingerprint density at radius 1 is 1.09 bits per heavy atom. The van der Waals surface area contributed by atoms with Crippen molar-refractivity contribution in [2.75, 3.05) is 26.2 Å². The summed E-state index contributed by atoms with van der Waals surface area (Å²) in [4.78, 5) is 30.7. The van der Waals surface area contributed by atoms with E-state index in [4.69, 9.17) is 0 Å². The van der Waals surface area contributed by atoms with Crippen molar-refractivity contribution in [3.63, 3.8) is 0 Å². The van der Waals surface area contributed by atoms with Crippen molar-refractivity contribution < 1.29 is 9.59 Å². The first kappa shape index (κ1) is 17.1. The number of hydrogen-bond donors (Lipinski definition) is 1. The van der Waals surface area contributed by atoms with Crippen LogP contribution in [0.3, 0.4) is 0 Å². The molecule has 0 atom stereocenters. The number of aromatic amines is 1. The molecule has 0 aliphatic rings. The molecule has 0 fully saturated rings. The lowest BCUT2D eigenvalue weighted by molar-refractivity contribution is -0.139. The van der Waals surface area contributed by atoms with Crippen LogP contribution in [0.4, 0.5) is 0 Å². The lowest BCUT2D eigenvalue weighted by atomic mass is 10.1. The molecule has 0 aliphatic heterocycles. The second-order valence-electron chi connectivity index (χ2n) is 5.62. The number of H-pyrrole nitrogens is 1. The van der Waals surface area contributed by atoms with Gasteiger partial charge in [-0.25, -0.2) is 0 Å². The molecule has 2 aromatic rings. The highest BCUT2D eigenvalue weighted by Gasteiger charge is 2.17. The molecule has 23 heavy (non-hydrogen) atoms. The number of carbonyl (C=O) groups is 2. The first-order valence-corrected chi connectivity index (χ1v) is 8.15. The van der Waals surface area contributed by atoms with Crippen LogP contribution in [-0.2, 0) is 16.0 Å². The van der Waals surface area contributed by atoms with Gasteiger partial charge in [0.25, 0.3) is 0 Å². The van der Waals surface area contributed by atoms with E-state index < -0.39 is 0 Å². The second-order valence-corrected chi connectivity index (χ2v) is 5.62. The van der Waals surface area contributed by atoms with Gasteiger partial charge in [-0.2, -0.15) is 0 Å². The molecule has 1 N–H and O–H groups in total. The van der Waals surface area contributed by atoms with E-state index in [9.17, 15) is 9.59 Å². The molecule has 0 aliphatic carbocycles. The van der Waals surface area contributed by atoms with Crippen LogP contribution in [0.15, 0.2) is 30.5 Å². The van der Waals surface area contributed by atoms with Crippen molar-refractivity contribution >= 4 is 22.7 Å². The van der Waals surface area contributed by atoms with Crippen LogP contribution in [0.1, 0.15) is 26.3 Å². The number of rotatable bonds is 7. The number of aromatic nitrogens is 1. The van der Waals surface area contributed by atoms with E-state index >= 15 is 0 Å². The molecule has 0 saturated carbocycles. The molecule has 124 valence electrons. The molecule has 1 aromatic carbocycles. The summed E-state index contributed by atoms with van der Waals surface area (Å²) in [6, 6.07) is 8.10. The number of nitrogens with zero attached hydrogens (tertiary/aromatic N) is 2. The van der Waals surface area contributed by atoms with Gasteiger partial charge in [0.1, 0.15) is 0 Å². The molecule has 0 saturated heterocycles. The summed E-state index contributed by atoms with van der Waals surface area (Å²) in [5.74, 6) is -0.0607. The average molecular weight is 315 g/mol. The molecule has 2 rings (SSSR count). The van der Waals surface area contributed by atoms with E-state index in [1.165, 1.54) is 17.9 Å². The lowest BCUT2D eigenvalue weighted by Gasteiger charge is -2.25. The van der Waals surface area contributed by atoms with E-state index in [0.717, 1.165) is 11.9 Å². The van der Waals surface area contributed by atoms with Crippen LogP contribution in [0.25, 0.3) is 10.9 Å². The maximum absolute atomic E-state index is 12.2. The van der Waals surface area contributed by atoms with Crippen LogP contribution in [-0.4, -0.2) is 52.8 Å². The molecule has 2 amide bonds. The first-order chi connectivity index (χ1) is 11.1. The molecule has 1 aromatic heterocycles. The SMILES string of the molecule is CCN(CC)C(=O)CN(CCc1c[nH]c2ccccc12)C(C)=O. The molecule has 1 heterocycles. The summed E-state index contributed by atoms with van der Waals surface area (Å²) in [6.45, 7) is 7.46. The topological polar surface area (TPSA) is 56.4 Å². The molecule has 5 heteroatoms. The minimum absolute atomic E-state index is 0.00382. The third kappa shape index (κ3) is 4.12. The van der Waals surface area contributed by atoms with Crippen LogP contribution >= 0.6 is 0 Å². The largest absolute Gasteiger partial charge is 0.361 e. The molecule has 0 unspecified atom stereocenters. The molecular formula is C18H25N3O2. The summed E-state index contributed by atoms with van der Waals surface area (Å²) < 4.78 is 0. The first-order valence-electron chi connectivity index (χ1n) is 8.15. The van der Waals surface area contributed by atoms with Crippen molar-refractivity contribution in [2.24, 2.45) is 0 Å². The monoisotopic (exact) mass is 315 g/mol. The standard InChI is InChI=1S/C18H25N3O2/c1-4-20(5-2)18(23)13-21(14(3)22)11-10-15-12-19-17-9-7-6-8-16(15)17/h6-9,12,19H,4-5,10-11,13H2,1-3H3. The van der Waals surface area contributed by atoms with E-state index in [1.54, 1.807) is 9.80 Å². The van der Waals surface area contributed by atoms with Gasteiger partial charge in [-0.1, -0.05) is 18.2 Å². The van der Waals surface area contributed by atoms with Crippen molar-refractivity contribution in [3.05, 3.63) is 36.0 Å². The van der Waals surface area contributed by atoms with Crippen LogP contribution in [0, 0.1) is 0 Å². The Morgan fingerprint density at radius 3 is 2.43 bits per heavy atom. The Labute approximate surface area is 137 Å². The number of para-hydroxylation sites is 1. The highest BCUT2D eigenvalue weighted by atomic mass is 16.2. The quantitative estimate of drug-likeness (QED) is 0.853. The minimum atomic E-state index is -0.0645. The van der Waals surface area contributed by atoms with Crippen molar-refractivity contribution in [2.45, 2.75) is 27.2 Å². The normalized spacial score (nSPS) is 10.7. The molecule has 0 spiro atoms. The summed E-state index contributed by atoms with van der Waals surface area (Å²) in [6.07, 6.45) is 2.71. The fraction of sp³-hybridized carbons (Fsp3) is 0.444. The zero-order chi connectivity index (χ0) is 16.8. The molecule has 5 nitrogen and oxygen atoms in total. The Kier molecular flexibility index (Phi) is 5.79. The maximum Gasteiger partial charge on any atom is 0.242 e. The smallest absolute Gasteiger partial charge is 0.242 e. The predicted octanol–water partition coefficient (Wildman–Crippen LogP) is 2.43. The number of nitrogens with one attached hydrogen (secondary N) is 1. The minimum Gasteiger partial charge on any atom is -0.361 e. The number of likely N-dealkylation sites (N-methyl/N-ethyl adjacent to an activating group) is 1. The van der Waals surface area contributed by atoms with Gasteiger partial charge in [-0.05, 0) is 31.9 Å². The number of carbonyl (C=O) groups excluding carboxylic acids is 2. The van der Waals surface area contributed by atoms with Gasteiger partial charge in [0, 0.05) is 43.7 Å². The Bertz CT molecular complexity index is 674. The van der Waals surface area contributed by atoms with Crippen molar-refractivity contribution in [3.8, 4) is 0 Å². The van der Waals surface area contributed by atoms with Crippen LogP contribution < -0.4 is 0 Å². The van der Waals surface area contributed by atoms with Gasteiger partial charge >= 0.3 is 0 Å². The lowest BCUT2D eigenvalue weighted by Crippen LogP contribution is -2.42. The fourth-order valence-corrected chi connectivity index (χ4v) is 2.78. The summed E-state index contributed by atoms with van der Waals surface area (Å²) in [5, 5.41) is 1.17. The third-order valence-corrected chi connectivity index (χ3v) is 4.21. The van der Waals surface area contributed by atoms with Gasteiger partial charge in [-0.15, -0.1) is 0 Å². The predicted molar refractivity (Wildman–Crippen MR) is 92.2 cm³/mol. The maximum atomic E-state index is 12.2. The Morgan fingerprint density at radius 2 is 1.78 bits per heavy atom. The number of fused-ring (bicyclic) bond motifs is 1. The fourth-order valence-electron chi connectivity index (χ4n) is 2.78. The average Bonchev–Trinajstić information content (AvgIpc) is 2.95. The van der Waals surface area contributed by atoms with Crippen molar-refractivity contribution in [1.82, 2.24) is 14.8 Å². The zero-order valence-electron chi connectivity index (χ0n) is 14.1. The summed E-state index contributed by atoms with van der Waals surface area (Å²) in [5.41, 5.74) is 2.26. The highest BCUT2D eigenvalue weighted by Crippen LogP contribution is 2.18. The van der Waals surface area contributed by atoms with Crippen molar-refractivity contribution in [1.29, 1.82) is 0 Å². The molecule has 0 radical (unpaired) electrons. The van der Waals surface area contributed by atoms with Gasteiger partial charge in [-0.3, -0.25) is 9.59 Å². The van der Waals surface area contributed by atoms with E-state index in [-0.39, 0.29) is 18.4 Å². The van der Waals surface area contributed by atoms with Crippen LogP contribution in [0.2, 0.25) is 0 Å². The highest BCUT2D eigenvalue weighted by molar-refractivity contribution is 5.84. The van der Waals surface area contributed by atoms with E-state index in [1.807, 2.05) is 38.2 Å². The number of amides is 2. The van der Waals surface area contributed by atoms with Gasteiger partial charge < -0.3 is 14.8 Å². The third-order valence-electron chi connectivity index (χ3n) is 4.21. The Hall–Kier alpha value is -2.30. The van der Waals surface area contributed by atoms with Crippen LogP contribution in [0.5, 0.6) is 0 Å².